The van der Waals surface area contributed by atoms with Crippen LogP contribution in [0.5, 0.6) is 0 Å². The molecule has 0 aromatic carbocycles. The van der Waals surface area contributed by atoms with Crippen LogP contribution >= 0.6 is 0 Å². The number of hydrogen-bond donors (Lipinski definition) is 0. The predicted octanol–water partition coefficient (Wildman–Crippen LogP) is -1.42. The molecule has 0 amide bonds. The van der Waals surface area contributed by atoms with Crippen LogP contribution < -0.4 is 0 Å². The molecule has 0 rings (SSSR count). The molecule has 0 aliphatic rings. The SMILES string of the molecule is [LiH].[LiH].[Ni].[O]=[Ni]. The summed E-state index contributed by atoms with van der Waals surface area (Å²) in [4.78, 5) is 0. The zero-order chi connectivity index (χ0) is 2.00. The summed E-state index contributed by atoms with van der Waals surface area (Å²) in [6.07, 6.45) is 0. The summed E-state index contributed by atoms with van der Waals surface area (Å²) in [6.45, 7) is 0. The van der Waals surface area contributed by atoms with Crippen molar-refractivity contribution in [1.82, 2.24) is 0 Å². The van der Waals surface area contributed by atoms with E-state index in [0.29, 0.717) is 0 Å². The van der Waals surface area contributed by atoms with Crippen molar-refractivity contribution in [2.45, 2.75) is 0 Å². The molecule has 5 heteroatoms. The minimum absolute atomic E-state index is 0. The number of hydrogen-bond acceptors (Lipinski definition) is 1. The molecule has 5 heavy (non-hydrogen) atoms. The van der Waals surface area contributed by atoms with Crippen LogP contribution in [0.1, 0.15) is 0 Å². The molecule has 0 N–H and O–H groups in total. The Labute approximate surface area is 72.9 Å². The van der Waals surface area contributed by atoms with Crippen molar-refractivity contribution >= 4 is 37.7 Å². The van der Waals surface area contributed by atoms with E-state index in [2.05, 4.69) is 15.4 Å². The first-order valence-corrected chi connectivity index (χ1v) is 0.532. The fraction of sp³-hybridized carbons (Fsp3) is 0. The van der Waals surface area contributed by atoms with Crippen molar-refractivity contribution in [3.05, 3.63) is 0 Å². The Balaban J connectivity index is -0.00000000167. The first-order chi connectivity index (χ1) is 1.00. The second-order valence-corrected chi connectivity index (χ2v) is 0. The summed E-state index contributed by atoms with van der Waals surface area (Å²) < 4.78 is 7.88. The van der Waals surface area contributed by atoms with Gasteiger partial charge in [0.25, 0.3) is 0 Å². The van der Waals surface area contributed by atoms with E-state index in [4.69, 9.17) is 3.90 Å². The molecule has 30 valence electrons. The zero-order valence-electron chi connectivity index (χ0n) is 1.04. The van der Waals surface area contributed by atoms with Gasteiger partial charge in [0.2, 0.25) is 0 Å². The van der Waals surface area contributed by atoms with Gasteiger partial charge in [-0.25, -0.2) is 0 Å². The Morgan fingerprint density at radius 3 is 1.00 bits per heavy atom. The molecule has 0 saturated carbocycles. The van der Waals surface area contributed by atoms with Crippen molar-refractivity contribution in [3.8, 4) is 0 Å². The molecule has 0 saturated heterocycles. The van der Waals surface area contributed by atoms with E-state index in [9.17, 15) is 0 Å². The molecule has 0 radical (unpaired) electrons. The Morgan fingerprint density at radius 1 is 1.00 bits per heavy atom. The Kier molecular flexibility index (Phi) is 212. The maximum atomic E-state index is 7.88. The maximum absolute atomic E-state index is 7.88. The van der Waals surface area contributed by atoms with Crippen LogP contribution in [0.3, 0.4) is 0 Å². The van der Waals surface area contributed by atoms with Gasteiger partial charge >= 0.3 is 57.0 Å². The van der Waals surface area contributed by atoms with E-state index < -0.39 is 0 Å². The van der Waals surface area contributed by atoms with Gasteiger partial charge in [-0.05, 0) is 0 Å². The summed E-state index contributed by atoms with van der Waals surface area (Å²) in [5.41, 5.74) is 0. The summed E-state index contributed by atoms with van der Waals surface area (Å²) in [7, 11) is 0. The van der Waals surface area contributed by atoms with E-state index in [1.165, 1.54) is 0 Å². The quantitative estimate of drug-likeness (QED) is 0.386. The monoisotopic (exact) mass is 148 g/mol. The summed E-state index contributed by atoms with van der Waals surface area (Å²) >= 11 is 2.62. The van der Waals surface area contributed by atoms with E-state index in [0.717, 1.165) is 0 Å². The van der Waals surface area contributed by atoms with Crippen LogP contribution in [-0.4, -0.2) is 37.7 Å². The Morgan fingerprint density at radius 2 is 1.00 bits per heavy atom. The van der Waals surface area contributed by atoms with Crippen LogP contribution in [0, 0.1) is 0 Å². The third-order valence-corrected chi connectivity index (χ3v) is 0. The first kappa shape index (κ1) is 28.1. The fourth-order valence-corrected chi connectivity index (χ4v) is 0. The topological polar surface area (TPSA) is 17.1 Å². The second kappa shape index (κ2) is 37.8. The van der Waals surface area contributed by atoms with Crippen LogP contribution in [0.15, 0.2) is 0 Å². The first-order valence-electron chi connectivity index (χ1n) is 0.129. The normalized spacial score (nSPS) is 1.20. The molecule has 1 nitrogen and oxygen atoms in total. The third kappa shape index (κ3) is 24.1. The average Bonchev–Trinajstić information content (AvgIpc) is 1.00. The average molecular weight is 149 g/mol. The van der Waals surface area contributed by atoms with Crippen LogP contribution in [-0.2, 0) is 35.8 Å². The van der Waals surface area contributed by atoms with E-state index in [1.54, 1.807) is 0 Å². The molecule has 0 aromatic heterocycles. The van der Waals surface area contributed by atoms with Gasteiger partial charge in [0.05, 0.1) is 0 Å². The van der Waals surface area contributed by atoms with Crippen molar-refractivity contribution in [1.29, 1.82) is 0 Å². The van der Waals surface area contributed by atoms with Crippen molar-refractivity contribution in [2.75, 3.05) is 0 Å². The van der Waals surface area contributed by atoms with Gasteiger partial charge in [-0.15, -0.1) is 0 Å². The van der Waals surface area contributed by atoms with E-state index >= 15 is 0 Å². The van der Waals surface area contributed by atoms with Crippen LogP contribution in [0.25, 0.3) is 0 Å². The molecule has 0 fully saturated rings. The van der Waals surface area contributed by atoms with E-state index in [-0.39, 0.29) is 54.2 Å². The molecule has 0 spiro atoms. The molecular formula is H2Li2Ni2O. The Bertz CT molecular complexity index is 7.61. The van der Waals surface area contributed by atoms with Crippen molar-refractivity contribution < 1.29 is 35.8 Å². The molecule has 0 unspecified atom stereocenters. The summed E-state index contributed by atoms with van der Waals surface area (Å²) in [5, 5.41) is 0. The predicted molar refractivity (Wildman–Crippen MR) is 15.0 cm³/mol. The van der Waals surface area contributed by atoms with Gasteiger partial charge in [0, 0.05) is 16.5 Å². The molecule has 0 heterocycles. The zero-order valence-corrected chi connectivity index (χ0v) is 3.02. The third-order valence-electron chi connectivity index (χ3n) is 0. The standard InChI is InChI=1S/2Li.2Ni.O.2H. The van der Waals surface area contributed by atoms with Gasteiger partial charge in [0.1, 0.15) is 0 Å². The van der Waals surface area contributed by atoms with Crippen LogP contribution in [0.2, 0.25) is 0 Å². The number of rotatable bonds is 0. The van der Waals surface area contributed by atoms with Crippen molar-refractivity contribution in [2.24, 2.45) is 0 Å². The van der Waals surface area contributed by atoms with Gasteiger partial charge in [0.15, 0.2) is 0 Å². The van der Waals surface area contributed by atoms with Crippen molar-refractivity contribution in [3.63, 3.8) is 0 Å². The second-order valence-electron chi connectivity index (χ2n) is 0. The summed E-state index contributed by atoms with van der Waals surface area (Å²) in [6, 6.07) is 0. The summed E-state index contributed by atoms with van der Waals surface area (Å²) in [5.74, 6) is 0. The molecular weight excluding hydrogens is 147 g/mol. The van der Waals surface area contributed by atoms with Gasteiger partial charge in [-0.3, -0.25) is 0 Å². The molecule has 0 aliphatic carbocycles. The van der Waals surface area contributed by atoms with Gasteiger partial charge < -0.3 is 0 Å². The van der Waals surface area contributed by atoms with Gasteiger partial charge in [-0.1, -0.05) is 0 Å². The van der Waals surface area contributed by atoms with Crippen LogP contribution in [0.4, 0.5) is 0 Å². The minimum atomic E-state index is 0. The molecule has 0 aliphatic heterocycles. The van der Waals surface area contributed by atoms with E-state index in [1.807, 2.05) is 0 Å². The molecule has 0 bridgehead atoms. The molecule has 0 aromatic rings. The van der Waals surface area contributed by atoms with Gasteiger partial charge in [-0.2, -0.15) is 0 Å². The molecule has 0 atom stereocenters. The fourth-order valence-electron chi connectivity index (χ4n) is 0. The Hall–Kier alpha value is 1.98.